The number of carbonyl (C=O) groups is 1. The fourth-order valence-electron chi connectivity index (χ4n) is 4.20. The molecule has 0 saturated carbocycles. The molecular formula is C25H28Cl2F2N6O2. The quantitative estimate of drug-likeness (QED) is 0.395. The molecule has 1 amide bonds. The second-order valence-electron chi connectivity index (χ2n) is 8.71. The van der Waals surface area contributed by atoms with Gasteiger partial charge in [0.1, 0.15) is 23.1 Å². The van der Waals surface area contributed by atoms with Crippen LogP contribution in [0.3, 0.4) is 0 Å². The maximum absolute atomic E-state index is 13.0. The minimum Gasteiger partial charge on any atom is -0.454 e. The summed E-state index contributed by atoms with van der Waals surface area (Å²) < 4.78 is 32.5. The topological polar surface area (TPSA) is 74.7 Å². The molecule has 1 fully saturated rings. The van der Waals surface area contributed by atoms with Crippen LogP contribution in [0.15, 0.2) is 48.7 Å². The van der Waals surface area contributed by atoms with E-state index in [0.717, 1.165) is 17.8 Å². The van der Waals surface area contributed by atoms with E-state index in [9.17, 15) is 13.6 Å². The highest BCUT2D eigenvalue weighted by molar-refractivity contribution is 6.36. The van der Waals surface area contributed by atoms with Crippen molar-refractivity contribution in [3.05, 3.63) is 64.4 Å². The number of ether oxygens (including phenoxy) is 1. The van der Waals surface area contributed by atoms with E-state index in [-0.39, 0.29) is 11.7 Å². The lowest BCUT2D eigenvalue weighted by atomic mass is 10.1. The fourth-order valence-corrected chi connectivity index (χ4v) is 4.70. The first-order valence-corrected chi connectivity index (χ1v) is 12.5. The van der Waals surface area contributed by atoms with Gasteiger partial charge < -0.3 is 20.3 Å². The molecule has 8 nitrogen and oxygen atoms in total. The van der Waals surface area contributed by atoms with Crippen molar-refractivity contribution in [3.63, 3.8) is 0 Å². The minimum absolute atomic E-state index is 0.0190. The number of likely N-dealkylation sites (N-methyl/N-ethyl adjacent to an activating group) is 2. The van der Waals surface area contributed by atoms with Crippen molar-refractivity contribution in [2.45, 2.75) is 19.0 Å². The van der Waals surface area contributed by atoms with Crippen LogP contribution in [0.25, 0.3) is 0 Å². The highest BCUT2D eigenvalue weighted by Gasteiger charge is 2.29. The van der Waals surface area contributed by atoms with Crippen molar-refractivity contribution < 1.29 is 18.3 Å². The molecule has 2 heterocycles. The Kier molecular flexibility index (Phi) is 8.86. The summed E-state index contributed by atoms with van der Waals surface area (Å²) in [5, 5.41) is 10.8. The van der Waals surface area contributed by atoms with Gasteiger partial charge >= 0.3 is 0 Å². The van der Waals surface area contributed by atoms with E-state index < -0.39 is 18.9 Å². The van der Waals surface area contributed by atoms with Crippen LogP contribution in [-0.4, -0.2) is 73.3 Å². The standard InChI is InChI=1S/C25H28Cl2F2N6O2/c1-30-13-16-14-34(12-11-33(16)2)24-18(31-25(36)19-9-10-35(32-19)15-22(28)29)7-8-21(23(24)27)37-20-6-4-3-5-17(20)26/h3-10,16,22,30H,11-15H2,1-2H3,(H,31,36)/t16-/m0/s1. The molecule has 37 heavy (non-hydrogen) atoms. The molecule has 1 atom stereocenters. The van der Waals surface area contributed by atoms with Gasteiger partial charge in [-0.3, -0.25) is 14.4 Å². The van der Waals surface area contributed by atoms with Crippen LogP contribution in [0.1, 0.15) is 10.5 Å². The van der Waals surface area contributed by atoms with Crippen LogP contribution in [0.2, 0.25) is 10.0 Å². The Morgan fingerprint density at radius 2 is 1.95 bits per heavy atom. The number of rotatable bonds is 9. The Morgan fingerprint density at radius 1 is 1.16 bits per heavy atom. The summed E-state index contributed by atoms with van der Waals surface area (Å²) in [5.41, 5.74) is 1.07. The molecule has 2 N–H and O–H groups in total. The van der Waals surface area contributed by atoms with E-state index in [1.165, 1.54) is 12.3 Å². The van der Waals surface area contributed by atoms with E-state index in [4.69, 9.17) is 27.9 Å². The van der Waals surface area contributed by atoms with Gasteiger partial charge in [-0.25, -0.2) is 8.78 Å². The summed E-state index contributed by atoms with van der Waals surface area (Å²) in [6.45, 7) is 2.27. The smallest absolute Gasteiger partial charge is 0.276 e. The van der Waals surface area contributed by atoms with Gasteiger partial charge in [0.05, 0.1) is 16.4 Å². The van der Waals surface area contributed by atoms with Gasteiger partial charge in [-0.2, -0.15) is 5.10 Å². The lowest BCUT2D eigenvalue weighted by molar-refractivity contribution is 0.101. The molecule has 3 aromatic rings. The summed E-state index contributed by atoms with van der Waals surface area (Å²) in [4.78, 5) is 17.4. The third-order valence-corrected chi connectivity index (χ3v) is 6.79. The van der Waals surface area contributed by atoms with E-state index >= 15 is 0 Å². The maximum atomic E-state index is 13.0. The molecule has 198 valence electrons. The van der Waals surface area contributed by atoms with E-state index in [1.54, 1.807) is 36.4 Å². The number of hydrogen-bond donors (Lipinski definition) is 2. The van der Waals surface area contributed by atoms with Crippen molar-refractivity contribution >= 4 is 40.5 Å². The highest BCUT2D eigenvalue weighted by atomic mass is 35.5. The normalized spacial score (nSPS) is 16.3. The molecule has 0 aliphatic carbocycles. The summed E-state index contributed by atoms with van der Waals surface area (Å²) in [7, 11) is 3.97. The third kappa shape index (κ3) is 6.51. The fraction of sp³-hybridized carbons (Fsp3) is 0.360. The molecular weight excluding hydrogens is 525 g/mol. The average molecular weight is 553 g/mol. The zero-order valence-electron chi connectivity index (χ0n) is 20.4. The van der Waals surface area contributed by atoms with Crippen molar-refractivity contribution in [3.8, 4) is 11.5 Å². The van der Waals surface area contributed by atoms with Gasteiger partial charge in [-0.15, -0.1) is 0 Å². The number of amides is 1. The first-order chi connectivity index (χ1) is 17.8. The summed E-state index contributed by atoms with van der Waals surface area (Å²) >= 11 is 13.2. The largest absolute Gasteiger partial charge is 0.454 e. The van der Waals surface area contributed by atoms with Crippen LogP contribution in [0, 0.1) is 0 Å². The Morgan fingerprint density at radius 3 is 2.68 bits per heavy atom. The minimum atomic E-state index is -2.57. The third-order valence-electron chi connectivity index (χ3n) is 6.12. The lowest BCUT2D eigenvalue weighted by Crippen LogP contribution is -2.55. The second-order valence-corrected chi connectivity index (χ2v) is 9.50. The monoisotopic (exact) mass is 552 g/mol. The number of anilines is 2. The Bertz CT molecular complexity index is 1240. The van der Waals surface area contributed by atoms with Gasteiger partial charge in [0, 0.05) is 38.4 Å². The number of aromatic nitrogens is 2. The number of carbonyl (C=O) groups excluding carboxylic acids is 1. The number of halogens is 4. The Balaban J connectivity index is 1.67. The number of hydrogen-bond acceptors (Lipinski definition) is 6. The molecule has 0 bridgehead atoms. The summed E-state index contributed by atoms with van der Waals surface area (Å²) in [6.07, 6.45) is -1.23. The van der Waals surface area contributed by atoms with Crippen LogP contribution in [0.5, 0.6) is 11.5 Å². The van der Waals surface area contributed by atoms with Gasteiger partial charge in [-0.05, 0) is 44.4 Å². The van der Waals surface area contributed by atoms with Crippen LogP contribution in [0.4, 0.5) is 20.2 Å². The number of piperazine rings is 1. The molecule has 1 saturated heterocycles. The highest BCUT2D eigenvalue weighted by Crippen LogP contribution is 2.44. The van der Waals surface area contributed by atoms with Gasteiger partial charge in [0.25, 0.3) is 12.3 Å². The molecule has 0 spiro atoms. The number of nitrogens with zero attached hydrogens (tertiary/aromatic N) is 4. The average Bonchev–Trinajstić information content (AvgIpc) is 3.32. The van der Waals surface area contributed by atoms with Crippen molar-refractivity contribution in [1.82, 2.24) is 20.0 Å². The predicted molar refractivity (Wildman–Crippen MR) is 142 cm³/mol. The molecule has 4 rings (SSSR count). The van der Waals surface area contributed by atoms with Crippen molar-refractivity contribution in [2.75, 3.05) is 50.5 Å². The molecule has 12 heteroatoms. The summed E-state index contributed by atoms with van der Waals surface area (Å²) in [5.74, 6) is 0.295. The van der Waals surface area contributed by atoms with E-state index in [2.05, 4.69) is 32.6 Å². The Hall–Kier alpha value is -2.92. The number of para-hydroxylation sites is 1. The van der Waals surface area contributed by atoms with Gasteiger partial charge in [0.2, 0.25) is 0 Å². The van der Waals surface area contributed by atoms with E-state index in [0.29, 0.717) is 46.0 Å². The zero-order chi connectivity index (χ0) is 26.5. The van der Waals surface area contributed by atoms with Crippen LogP contribution in [-0.2, 0) is 6.54 Å². The molecule has 2 aromatic carbocycles. The molecule has 0 unspecified atom stereocenters. The predicted octanol–water partition coefficient (Wildman–Crippen LogP) is 4.84. The first kappa shape index (κ1) is 27.1. The van der Waals surface area contributed by atoms with Crippen molar-refractivity contribution in [2.24, 2.45) is 0 Å². The van der Waals surface area contributed by atoms with E-state index in [1.807, 2.05) is 7.05 Å². The lowest BCUT2D eigenvalue weighted by Gasteiger charge is -2.41. The van der Waals surface area contributed by atoms with Gasteiger partial charge in [0.15, 0.2) is 5.69 Å². The number of benzene rings is 2. The second kappa shape index (κ2) is 12.1. The summed E-state index contributed by atoms with van der Waals surface area (Å²) in [6, 6.07) is 12.0. The van der Waals surface area contributed by atoms with Gasteiger partial charge in [-0.1, -0.05) is 35.3 Å². The Labute approximate surface area is 224 Å². The molecule has 1 aliphatic rings. The zero-order valence-corrected chi connectivity index (χ0v) is 21.9. The van der Waals surface area contributed by atoms with Crippen LogP contribution < -0.4 is 20.3 Å². The first-order valence-electron chi connectivity index (χ1n) is 11.7. The number of alkyl halides is 2. The van der Waals surface area contributed by atoms with Crippen LogP contribution >= 0.6 is 23.2 Å². The SMILES string of the molecule is CNC[C@H]1CN(c2c(NC(=O)c3ccn(CC(F)F)n3)ccc(Oc3ccccc3Cl)c2Cl)CCN1C. The maximum Gasteiger partial charge on any atom is 0.276 e. The molecule has 1 aromatic heterocycles. The molecule has 1 aliphatic heterocycles. The van der Waals surface area contributed by atoms with Crippen molar-refractivity contribution in [1.29, 1.82) is 0 Å². The molecule has 0 radical (unpaired) electrons. The number of nitrogens with one attached hydrogen (secondary N) is 2.